The van der Waals surface area contributed by atoms with Crippen molar-refractivity contribution in [3.63, 3.8) is 0 Å². The van der Waals surface area contributed by atoms with Gasteiger partial charge in [-0.1, -0.05) is 30.3 Å². The summed E-state index contributed by atoms with van der Waals surface area (Å²) in [4.78, 5) is 34.3. The average Bonchev–Trinajstić information content (AvgIpc) is 3.42. The molecule has 0 aliphatic carbocycles. The monoisotopic (exact) mass is 403 g/mol. The van der Waals surface area contributed by atoms with Gasteiger partial charge in [-0.3, -0.25) is 4.79 Å². The molecule has 30 heavy (non-hydrogen) atoms. The molecule has 5 rings (SSSR count). The smallest absolute Gasteiger partial charge is 0.340 e. The summed E-state index contributed by atoms with van der Waals surface area (Å²) in [5.41, 5.74) is 2.94. The molecule has 2 aromatic heterocycles. The summed E-state index contributed by atoms with van der Waals surface area (Å²) >= 11 is 0. The minimum Gasteiger partial charge on any atom is -0.452 e. The molecule has 152 valence electrons. The van der Waals surface area contributed by atoms with Crippen molar-refractivity contribution < 1.29 is 18.7 Å². The number of amides is 1. The van der Waals surface area contributed by atoms with Crippen molar-refractivity contribution in [2.75, 3.05) is 19.7 Å². The molecule has 3 heterocycles. The molecule has 1 fully saturated rings. The number of benzene rings is 2. The van der Waals surface area contributed by atoms with E-state index in [1.54, 1.807) is 11.1 Å². The largest absolute Gasteiger partial charge is 0.452 e. The van der Waals surface area contributed by atoms with Gasteiger partial charge in [0, 0.05) is 36.1 Å². The molecule has 7 heteroatoms. The van der Waals surface area contributed by atoms with Crippen LogP contribution in [0, 0.1) is 0 Å². The van der Waals surface area contributed by atoms with Gasteiger partial charge in [0.2, 0.25) is 0 Å². The van der Waals surface area contributed by atoms with E-state index in [1.807, 2.05) is 48.5 Å². The second-order valence-corrected chi connectivity index (χ2v) is 7.50. The second kappa shape index (κ2) is 7.67. The van der Waals surface area contributed by atoms with Crippen molar-refractivity contribution in [2.45, 2.75) is 18.8 Å². The first-order valence-electron chi connectivity index (χ1n) is 10.1. The number of hydrogen-bond donors (Lipinski definition) is 1. The Kier molecular flexibility index (Phi) is 4.71. The van der Waals surface area contributed by atoms with Crippen molar-refractivity contribution in [2.24, 2.45) is 0 Å². The Morgan fingerprint density at radius 1 is 1.10 bits per heavy atom. The summed E-state index contributed by atoms with van der Waals surface area (Å²) in [7, 11) is 0. The zero-order chi connectivity index (χ0) is 20.5. The second-order valence-electron chi connectivity index (χ2n) is 7.50. The standard InChI is InChI=1S/C23H21N3O4/c27-21(14-29-23(28)17-13-24-18-6-2-1-5-16(17)18)26-11-9-15(10-12-26)22-25-19-7-3-4-8-20(19)30-22/h1-8,13,15,24H,9-12,14H2. The van der Waals surface area contributed by atoms with E-state index in [0.29, 0.717) is 18.7 Å². The molecule has 1 aliphatic heterocycles. The van der Waals surface area contributed by atoms with Gasteiger partial charge >= 0.3 is 5.97 Å². The summed E-state index contributed by atoms with van der Waals surface area (Å²) in [6.45, 7) is 0.922. The third-order valence-electron chi connectivity index (χ3n) is 5.64. The lowest BCUT2D eigenvalue weighted by Gasteiger charge is -2.30. The summed E-state index contributed by atoms with van der Waals surface area (Å²) in [5.74, 6) is 0.241. The highest BCUT2D eigenvalue weighted by Crippen LogP contribution is 2.30. The highest BCUT2D eigenvalue weighted by atomic mass is 16.5. The molecule has 0 atom stereocenters. The lowest BCUT2D eigenvalue weighted by molar-refractivity contribution is -0.135. The molecule has 0 spiro atoms. The Morgan fingerprint density at radius 2 is 1.87 bits per heavy atom. The number of fused-ring (bicyclic) bond motifs is 2. The van der Waals surface area contributed by atoms with Gasteiger partial charge in [0.05, 0.1) is 5.56 Å². The van der Waals surface area contributed by atoms with E-state index in [9.17, 15) is 9.59 Å². The van der Waals surface area contributed by atoms with Gasteiger partial charge in [0.15, 0.2) is 18.1 Å². The van der Waals surface area contributed by atoms with Crippen LogP contribution >= 0.6 is 0 Å². The van der Waals surface area contributed by atoms with Gasteiger partial charge < -0.3 is 19.0 Å². The Balaban J connectivity index is 1.16. The van der Waals surface area contributed by atoms with Gasteiger partial charge in [-0.15, -0.1) is 0 Å². The number of para-hydroxylation sites is 3. The van der Waals surface area contributed by atoms with E-state index in [4.69, 9.17) is 9.15 Å². The van der Waals surface area contributed by atoms with Gasteiger partial charge in [-0.2, -0.15) is 0 Å². The third kappa shape index (κ3) is 3.43. The molecule has 4 aromatic rings. The number of nitrogens with zero attached hydrogens (tertiary/aromatic N) is 2. The van der Waals surface area contributed by atoms with Gasteiger partial charge in [-0.25, -0.2) is 9.78 Å². The SMILES string of the molecule is O=C(OCC(=O)N1CCC(c2nc3ccccc3o2)CC1)c1c[nH]c2ccccc12. The van der Waals surface area contributed by atoms with Gasteiger partial charge in [0.1, 0.15) is 5.52 Å². The number of esters is 1. The maximum Gasteiger partial charge on any atom is 0.340 e. The Morgan fingerprint density at radius 3 is 2.70 bits per heavy atom. The molecule has 1 saturated heterocycles. The predicted octanol–water partition coefficient (Wildman–Crippen LogP) is 3.87. The quantitative estimate of drug-likeness (QED) is 0.523. The van der Waals surface area contributed by atoms with Gasteiger partial charge in [0.25, 0.3) is 5.91 Å². The van der Waals surface area contributed by atoms with Crippen molar-refractivity contribution in [3.8, 4) is 0 Å². The third-order valence-corrected chi connectivity index (χ3v) is 5.64. The fourth-order valence-corrected chi connectivity index (χ4v) is 3.98. The molecular weight excluding hydrogens is 382 g/mol. The van der Waals surface area contributed by atoms with Crippen LogP contribution in [0.1, 0.15) is 35.0 Å². The lowest BCUT2D eigenvalue weighted by atomic mass is 9.97. The molecule has 1 aliphatic rings. The van der Waals surface area contributed by atoms with Crippen LogP contribution in [0.15, 0.2) is 59.1 Å². The van der Waals surface area contributed by atoms with E-state index < -0.39 is 5.97 Å². The molecule has 2 aromatic carbocycles. The average molecular weight is 403 g/mol. The van der Waals surface area contributed by atoms with Crippen LogP contribution < -0.4 is 0 Å². The Labute approximate surface area is 172 Å². The van der Waals surface area contributed by atoms with E-state index in [2.05, 4.69) is 9.97 Å². The number of aromatic amines is 1. The van der Waals surface area contributed by atoms with Crippen LogP contribution in [0.5, 0.6) is 0 Å². The Hall–Kier alpha value is -3.61. The van der Waals surface area contributed by atoms with Crippen molar-refractivity contribution >= 4 is 33.9 Å². The highest BCUT2D eigenvalue weighted by molar-refractivity contribution is 6.04. The fourth-order valence-electron chi connectivity index (χ4n) is 3.98. The first-order chi connectivity index (χ1) is 14.7. The zero-order valence-corrected chi connectivity index (χ0v) is 16.3. The number of piperidine rings is 1. The zero-order valence-electron chi connectivity index (χ0n) is 16.3. The maximum absolute atomic E-state index is 12.5. The number of oxazole rings is 1. The normalized spacial score (nSPS) is 15.0. The van der Waals surface area contributed by atoms with E-state index in [-0.39, 0.29) is 18.4 Å². The molecule has 0 unspecified atom stereocenters. The fraction of sp³-hybridized carbons (Fsp3) is 0.261. The van der Waals surface area contributed by atoms with Crippen LogP contribution in [-0.2, 0) is 9.53 Å². The van der Waals surface area contributed by atoms with Crippen molar-refractivity contribution in [1.82, 2.24) is 14.9 Å². The van der Waals surface area contributed by atoms with Crippen LogP contribution in [-0.4, -0.2) is 46.4 Å². The number of likely N-dealkylation sites (tertiary alicyclic amines) is 1. The van der Waals surface area contributed by atoms with E-state index >= 15 is 0 Å². The number of carbonyl (C=O) groups is 2. The summed E-state index contributed by atoms with van der Waals surface area (Å²) in [6, 6.07) is 15.2. The number of rotatable bonds is 4. The van der Waals surface area contributed by atoms with E-state index in [0.717, 1.165) is 40.7 Å². The molecule has 0 bridgehead atoms. The number of H-pyrrole nitrogens is 1. The Bertz CT molecular complexity index is 1180. The number of nitrogens with one attached hydrogen (secondary N) is 1. The van der Waals surface area contributed by atoms with Crippen molar-refractivity contribution in [3.05, 3.63) is 66.2 Å². The minimum atomic E-state index is -0.498. The molecule has 7 nitrogen and oxygen atoms in total. The van der Waals surface area contributed by atoms with Crippen molar-refractivity contribution in [1.29, 1.82) is 0 Å². The molecule has 0 radical (unpaired) electrons. The molecule has 1 N–H and O–H groups in total. The highest BCUT2D eigenvalue weighted by Gasteiger charge is 2.27. The lowest BCUT2D eigenvalue weighted by Crippen LogP contribution is -2.40. The number of hydrogen-bond acceptors (Lipinski definition) is 5. The minimum absolute atomic E-state index is 0.181. The van der Waals surface area contributed by atoms with Crippen LogP contribution in [0.25, 0.3) is 22.0 Å². The molecule has 1 amide bonds. The summed E-state index contributed by atoms with van der Waals surface area (Å²) in [6.07, 6.45) is 3.16. The number of ether oxygens (including phenoxy) is 1. The maximum atomic E-state index is 12.5. The first-order valence-corrected chi connectivity index (χ1v) is 10.1. The number of aromatic nitrogens is 2. The van der Waals surface area contributed by atoms with Gasteiger partial charge in [-0.05, 0) is 31.0 Å². The van der Waals surface area contributed by atoms with Crippen LogP contribution in [0.2, 0.25) is 0 Å². The molecular formula is C23H21N3O4. The van der Waals surface area contributed by atoms with E-state index in [1.165, 1.54) is 0 Å². The number of carbonyl (C=O) groups excluding carboxylic acids is 2. The molecule has 0 saturated carbocycles. The van der Waals surface area contributed by atoms with Crippen LogP contribution in [0.3, 0.4) is 0 Å². The predicted molar refractivity (Wildman–Crippen MR) is 111 cm³/mol. The first kappa shape index (κ1) is 18.4. The summed E-state index contributed by atoms with van der Waals surface area (Å²) < 4.78 is 11.2. The topological polar surface area (TPSA) is 88.4 Å². The summed E-state index contributed by atoms with van der Waals surface area (Å²) in [5, 5.41) is 0.786. The van der Waals surface area contributed by atoms with Crippen LogP contribution in [0.4, 0.5) is 0 Å².